The Bertz CT molecular complexity index is 647. The molecule has 94 valence electrons. The predicted molar refractivity (Wildman–Crippen MR) is 71.9 cm³/mol. The second-order valence-corrected chi connectivity index (χ2v) is 4.39. The van der Waals surface area contributed by atoms with E-state index in [0.29, 0.717) is 11.1 Å². The van der Waals surface area contributed by atoms with Crippen molar-refractivity contribution in [2.45, 2.75) is 6.10 Å². The molecule has 2 aromatic rings. The van der Waals surface area contributed by atoms with Crippen molar-refractivity contribution in [1.29, 1.82) is 5.26 Å². The number of carbonyl (C=O) groups is 1. The van der Waals surface area contributed by atoms with Crippen LogP contribution in [0.2, 0.25) is 5.02 Å². The van der Waals surface area contributed by atoms with Crippen LogP contribution in [0, 0.1) is 11.3 Å². The lowest BCUT2D eigenvalue weighted by Gasteiger charge is -2.10. The van der Waals surface area contributed by atoms with Crippen molar-refractivity contribution in [3.63, 3.8) is 0 Å². The Morgan fingerprint density at radius 1 is 1.21 bits per heavy atom. The summed E-state index contributed by atoms with van der Waals surface area (Å²) in [5, 5.41) is 19.0. The monoisotopic (exact) mass is 271 g/mol. The zero-order chi connectivity index (χ0) is 13.8. The van der Waals surface area contributed by atoms with E-state index in [4.69, 9.17) is 16.9 Å². The Morgan fingerprint density at radius 2 is 1.89 bits per heavy atom. The van der Waals surface area contributed by atoms with E-state index in [1.54, 1.807) is 30.3 Å². The number of rotatable bonds is 3. The summed E-state index contributed by atoms with van der Waals surface area (Å²) in [6.07, 6.45) is -1.23. The van der Waals surface area contributed by atoms with Gasteiger partial charge in [0.1, 0.15) is 12.2 Å². The van der Waals surface area contributed by atoms with Crippen LogP contribution in [0.1, 0.15) is 27.6 Å². The number of nitriles is 1. The molecule has 2 aromatic carbocycles. The van der Waals surface area contributed by atoms with E-state index in [-0.39, 0.29) is 10.6 Å². The van der Waals surface area contributed by atoms with Gasteiger partial charge in [0.25, 0.3) is 0 Å². The number of nitrogens with zero attached hydrogens (tertiary/aromatic N) is 1. The van der Waals surface area contributed by atoms with Crippen molar-refractivity contribution in [1.82, 2.24) is 0 Å². The summed E-state index contributed by atoms with van der Waals surface area (Å²) in [4.78, 5) is 12.1. The number of halogens is 1. The molecular formula is C15H10ClNO2. The molecule has 0 heterocycles. The topological polar surface area (TPSA) is 61.1 Å². The number of hydrogen-bond acceptors (Lipinski definition) is 3. The molecule has 0 aliphatic heterocycles. The van der Waals surface area contributed by atoms with Crippen LogP contribution in [-0.4, -0.2) is 10.9 Å². The molecule has 19 heavy (non-hydrogen) atoms. The van der Waals surface area contributed by atoms with Crippen LogP contribution in [0.5, 0.6) is 0 Å². The van der Waals surface area contributed by atoms with E-state index >= 15 is 0 Å². The molecule has 0 aliphatic carbocycles. The van der Waals surface area contributed by atoms with Crippen LogP contribution in [0.3, 0.4) is 0 Å². The summed E-state index contributed by atoms with van der Waals surface area (Å²) >= 11 is 5.87. The molecule has 0 saturated carbocycles. The summed E-state index contributed by atoms with van der Waals surface area (Å²) in [7, 11) is 0. The number of hydrogen-bond donors (Lipinski definition) is 1. The van der Waals surface area contributed by atoms with Crippen LogP contribution in [-0.2, 0) is 0 Å². The lowest BCUT2D eigenvalue weighted by molar-refractivity contribution is 0.0747. The summed E-state index contributed by atoms with van der Waals surface area (Å²) in [5.41, 5.74) is 1.10. The minimum absolute atomic E-state index is 0.202. The standard InChI is InChI=1S/C15H10ClNO2/c16-13-8-11(6-7-12(13)9-17)15(19)14(18)10-4-2-1-3-5-10/h1-8,14,18H. The SMILES string of the molecule is N#Cc1ccc(C(=O)C(O)c2ccccc2)cc1Cl. The van der Waals surface area contributed by atoms with E-state index in [9.17, 15) is 9.90 Å². The zero-order valence-corrected chi connectivity index (χ0v) is 10.6. The highest BCUT2D eigenvalue weighted by Crippen LogP contribution is 2.22. The summed E-state index contributed by atoms with van der Waals surface area (Å²) < 4.78 is 0. The Balaban J connectivity index is 2.30. The lowest BCUT2D eigenvalue weighted by Crippen LogP contribution is -2.12. The van der Waals surface area contributed by atoms with Crippen molar-refractivity contribution < 1.29 is 9.90 Å². The first kappa shape index (κ1) is 13.3. The van der Waals surface area contributed by atoms with Crippen molar-refractivity contribution in [3.05, 3.63) is 70.2 Å². The van der Waals surface area contributed by atoms with Crippen molar-refractivity contribution in [2.75, 3.05) is 0 Å². The first-order valence-electron chi connectivity index (χ1n) is 5.60. The normalized spacial score (nSPS) is 11.6. The number of benzene rings is 2. The third-order valence-electron chi connectivity index (χ3n) is 2.74. The second kappa shape index (κ2) is 5.66. The van der Waals surface area contributed by atoms with E-state index in [1.807, 2.05) is 6.07 Å². The maximum atomic E-state index is 12.1. The third-order valence-corrected chi connectivity index (χ3v) is 3.05. The van der Waals surface area contributed by atoms with E-state index in [1.165, 1.54) is 18.2 Å². The first-order chi connectivity index (χ1) is 9.13. The van der Waals surface area contributed by atoms with E-state index < -0.39 is 11.9 Å². The smallest absolute Gasteiger partial charge is 0.195 e. The van der Waals surface area contributed by atoms with Crippen LogP contribution in [0.4, 0.5) is 0 Å². The van der Waals surface area contributed by atoms with Gasteiger partial charge in [-0.15, -0.1) is 0 Å². The Kier molecular flexibility index (Phi) is 3.96. The van der Waals surface area contributed by atoms with Gasteiger partial charge in [0, 0.05) is 5.56 Å². The van der Waals surface area contributed by atoms with Gasteiger partial charge in [-0.25, -0.2) is 0 Å². The lowest BCUT2D eigenvalue weighted by atomic mass is 9.99. The van der Waals surface area contributed by atoms with Gasteiger partial charge in [-0.2, -0.15) is 5.26 Å². The van der Waals surface area contributed by atoms with Gasteiger partial charge in [-0.3, -0.25) is 4.79 Å². The Labute approximate surface area is 115 Å². The molecule has 0 bridgehead atoms. The molecule has 0 fully saturated rings. The van der Waals surface area contributed by atoms with Gasteiger partial charge in [0.15, 0.2) is 5.78 Å². The average Bonchev–Trinajstić information content (AvgIpc) is 2.46. The summed E-state index contributed by atoms with van der Waals surface area (Å²) in [6, 6.07) is 14.9. The summed E-state index contributed by atoms with van der Waals surface area (Å²) in [6.45, 7) is 0. The van der Waals surface area contributed by atoms with Crippen molar-refractivity contribution in [2.24, 2.45) is 0 Å². The summed E-state index contributed by atoms with van der Waals surface area (Å²) in [5.74, 6) is -0.447. The second-order valence-electron chi connectivity index (χ2n) is 3.98. The minimum atomic E-state index is -1.23. The van der Waals surface area contributed by atoms with Gasteiger partial charge in [-0.1, -0.05) is 41.9 Å². The highest BCUT2D eigenvalue weighted by molar-refractivity contribution is 6.32. The van der Waals surface area contributed by atoms with Crippen LogP contribution in [0.25, 0.3) is 0 Å². The van der Waals surface area contributed by atoms with Gasteiger partial charge in [-0.05, 0) is 23.8 Å². The number of aliphatic hydroxyl groups excluding tert-OH is 1. The molecule has 1 unspecified atom stereocenters. The molecule has 0 spiro atoms. The van der Waals surface area contributed by atoms with Gasteiger partial charge < -0.3 is 5.11 Å². The maximum Gasteiger partial charge on any atom is 0.195 e. The molecule has 0 saturated heterocycles. The van der Waals surface area contributed by atoms with Gasteiger partial charge in [0.2, 0.25) is 0 Å². The molecule has 0 aliphatic rings. The molecule has 3 nitrogen and oxygen atoms in total. The number of Topliss-reactive ketones (excluding diaryl/α,β-unsaturated/α-hetero) is 1. The highest BCUT2D eigenvalue weighted by Gasteiger charge is 2.19. The zero-order valence-electron chi connectivity index (χ0n) is 9.88. The molecule has 0 amide bonds. The Hall–Kier alpha value is -2.15. The first-order valence-corrected chi connectivity index (χ1v) is 5.98. The quantitative estimate of drug-likeness (QED) is 0.873. The van der Waals surface area contributed by atoms with Gasteiger partial charge >= 0.3 is 0 Å². The molecule has 1 N–H and O–H groups in total. The van der Waals surface area contributed by atoms with Crippen molar-refractivity contribution in [3.8, 4) is 6.07 Å². The fraction of sp³-hybridized carbons (Fsp3) is 0.0667. The van der Waals surface area contributed by atoms with Crippen LogP contribution >= 0.6 is 11.6 Å². The molecule has 2 rings (SSSR count). The maximum absolute atomic E-state index is 12.1. The minimum Gasteiger partial charge on any atom is -0.380 e. The van der Waals surface area contributed by atoms with E-state index in [0.717, 1.165) is 0 Å². The van der Waals surface area contributed by atoms with Gasteiger partial charge in [0.05, 0.1) is 10.6 Å². The third kappa shape index (κ3) is 2.82. The van der Waals surface area contributed by atoms with E-state index in [2.05, 4.69) is 0 Å². The number of carbonyl (C=O) groups excluding carboxylic acids is 1. The Morgan fingerprint density at radius 3 is 2.47 bits per heavy atom. The highest BCUT2D eigenvalue weighted by atomic mass is 35.5. The number of aliphatic hydroxyl groups is 1. The fourth-order valence-electron chi connectivity index (χ4n) is 1.70. The molecule has 1 atom stereocenters. The molecular weight excluding hydrogens is 262 g/mol. The van der Waals surface area contributed by atoms with Crippen molar-refractivity contribution >= 4 is 17.4 Å². The average molecular weight is 272 g/mol. The molecule has 4 heteroatoms. The number of ketones is 1. The predicted octanol–water partition coefficient (Wildman–Crippen LogP) is 3.13. The molecule has 0 radical (unpaired) electrons. The molecule has 0 aromatic heterocycles. The largest absolute Gasteiger partial charge is 0.380 e. The van der Waals surface area contributed by atoms with Crippen LogP contribution < -0.4 is 0 Å². The fourth-order valence-corrected chi connectivity index (χ4v) is 1.93. The van der Waals surface area contributed by atoms with Crippen LogP contribution in [0.15, 0.2) is 48.5 Å².